The second-order valence-corrected chi connectivity index (χ2v) is 6.76. The van der Waals surface area contributed by atoms with E-state index in [-0.39, 0.29) is 29.8 Å². The van der Waals surface area contributed by atoms with E-state index in [0.29, 0.717) is 31.0 Å². The number of aliphatic imine (C=N–C) groups is 1. The van der Waals surface area contributed by atoms with Crippen LogP contribution in [0, 0.1) is 5.82 Å². The van der Waals surface area contributed by atoms with Crippen molar-refractivity contribution in [1.82, 2.24) is 15.6 Å². The van der Waals surface area contributed by atoms with Crippen LogP contribution in [-0.2, 0) is 13.0 Å². The lowest BCUT2D eigenvalue weighted by Crippen LogP contribution is -2.38. The van der Waals surface area contributed by atoms with Gasteiger partial charge in [-0.15, -0.1) is 24.0 Å². The molecule has 0 bridgehead atoms. The zero-order valence-corrected chi connectivity index (χ0v) is 18.7. The number of benzene rings is 1. The molecular weight excluding hydrogens is 468 g/mol. The van der Waals surface area contributed by atoms with Crippen LogP contribution in [0.2, 0.25) is 0 Å². The molecular formula is C21H29FIN5. The van der Waals surface area contributed by atoms with Crippen LogP contribution in [0.5, 0.6) is 0 Å². The number of pyridine rings is 1. The van der Waals surface area contributed by atoms with Gasteiger partial charge in [-0.1, -0.05) is 18.2 Å². The third-order valence-corrected chi connectivity index (χ3v) is 4.82. The summed E-state index contributed by atoms with van der Waals surface area (Å²) < 4.78 is 13.7. The first-order valence-electron chi connectivity index (χ1n) is 9.64. The smallest absolute Gasteiger partial charge is 0.191 e. The molecule has 1 aromatic carbocycles. The van der Waals surface area contributed by atoms with Gasteiger partial charge in [0.25, 0.3) is 0 Å². The number of piperidine rings is 1. The van der Waals surface area contributed by atoms with Crippen LogP contribution in [-0.4, -0.2) is 37.6 Å². The molecule has 1 aliphatic rings. The first kappa shape index (κ1) is 22.4. The van der Waals surface area contributed by atoms with Crippen molar-refractivity contribution in [2.75, 3.05) is 31.6 Å². The van der Waals surface area contributed by atoms with Crippen molar-refractivity contribution in [1.29, 1.82) is 0 Å². The molecule has 5 nitrogen and oxygen atoms in total. The number of nitrogens with one attached hydrogen (secondary N) is 2. The van der Waals surface area contributed by atoms with E-state index in [2.05, 4.69) is 31.6 Å². The number of hydrogen-bond donors (Lipinski definition) is 2. The molecule has 7 heteroatoms. The fourth-order valence-corrected chi connectivity index (χ4v) is 3.29. The zero-order valence-electron chi connectivity index (χ0n) is 16.3. The second-order valence-electron chi connectivity index (χ2n) is 6.76. The molecule has 1 aliphatic heterocycles. The molecule has 0 spiro atoms. The summed E-state index contributed by atoms with van der Waals surface area (Å²) in [4.78, 5) is 11.1. The van der Waals surface area contributed by atoms with Gasteiger partial charge in [-0.2, -0.15) is 0 Å². The van der Waals surface area contributed by atoms with Gasteiger partial charge >= 0.3 is 0 Å². The Kier molecular flexibility index (Phi) is 9.46. The summed E-state index contributed by atoms with van der Waals surface area (Å²) in [5.74, 6) is 1.60. The molecule has 2 heterocycles. The minimum Gasteiger partial charge on any atom is -0.357 e. The third kappa shape index (κ3) is 6.61. The Balaban J connectivity index is 0.00000280. The highest BCUT2D eigenvalue weighted by Crippen LogP contribution is 2.18. The van der Waals surface area contributed by atoms with Gasteiger partial charge in [0.15, 0.2) is 5.96 Å². The Morgan fingerprint density at radius 3 is 2.68 bits per heavy atom. The molecule has 0 unspecified atom stereocenters. The SMILES string of the molecule is CN=C(NCCc1ccccc1F)NCc1ccnc(N2CCCCC2)c1.I. The van der Waals surface area contributed by atoms with Crippen molar-refractivity contribution in [3.63, 3.8) is 0 Å². The van der Waals surface area contributed by atoms with E-state index in [4.69, 9.17) is 0 Å². The number of aromatic nitrogens is 1. The quantitative estimate of drug-likeness (QED) is 0.363. The van der Waals surface area contributed by atoms with E-state index in [1.807, 2.05) is 24.4 Å². The Bertz CT molecular complexity index is 762. The predicted molar refractivity (Wildman–Crippen MR) is 124 cm³/mol. The van der Waals surface area contributed by atoms with Crippen LogP contribution in [0.1, 0.15) is 30.4 Å². The topological polar surface area (TPSA) is 52.6 Å². The number of guanidine groups is 1. The number of nitrogens with zero attached hydrogens (tertiary/aromatic N) is 3. The van der Waals surface area contributed by atoms with Gasteiger partial charge in [-0.3, -0.25) is 4.99 Å². The van der Waals surface area contributed by atoms with Gasteiger partial charge < -0.3 is 15.5 Å². The van der Waals surface area contributed by atoms with Gasteiger partial charge in [-0.25, -0.2) is 9.37 Å². The molecule has 0 saturated carbocycles. The summed E-state index contributed by atoms with van der Waals surface area (Å²) in [7, 11) is 1.74. The summed E-state index contributed by atoms with van der Waals surface area (Å²) in [6.45, 7) is 3.46. The molecule has 3 rings (SSSR count). The fraction of sp³-hybridized carbons (Fsp3) is 0.429. The Morgan fingerprint density at radius 1 is 1.14 bits per heavy atom. The molecule has 152 valence electrons. The molecule has 0 aliphatic carbocycles. The van der Waals surface area contributed by atoms with E-state index >= 15 is 0 Å². The first-order valence-corrected chi connectivity index (χ1v) is 9.64. The van der Waals surface area contributed by atoms with Gasteiger partial charge in [0.05, 0.1) is 0 Å². The van der Waals surface area contributed by atoms with Crippen LogP contribution >= 0.6 is 24.0 Å². The molecule has 1 aromatic heterocycles. The lowest BCUT2D eigenvalue weighted by molar-refractivity contribution is 0.573. The fourth-order valence-electron chi connectivity index (χ4n) is 3.29. The zero-order chi connectivity index (χ0) is 18.9. The van der Waals surface area contributed by atoms with Gasteiger partial charge in [0, 0.05) is 39.4 Å². The molecule has 0 amide bonds. The molecule has 0 atom stereocenters. The number of halogens is 2. The number of anilines is 1. The van der Waals surface area contributed by atoms with Crippen LogP contribution < -0.4 is 15.5 Å². The normalized spacial score (nSPS) is 14.4. The highest BCUT2D eigenvalue weighted by molar-refractivity contribution is 14.0. The van der Waals surface area contributed by atoms with Crippen molar-refractivity contribution >= 4 is 35.8 Å². The summed E-state index contributed by atoms with van der Waals surface area (Å²) in [6, 6.07) is 11.0. The highest BCUT2D eigenvalue weighted by Gasteiger charge is 2.12. The van der Waals surface area contributed by atoms with Gasteiger partial charge in [-0.05, 0) is 55.0 Å². The van der Waals surface area contributed by atoms with Crippen molar-refractivity contribution in [2.24, 2.45) is 4.99 Å². The van der Waals surface area contributed by atoms with Crippen molar-refractivity contribution in [3.05, 3.63) is 59.5 Å². The van der Waals surface area contributed by atoms with Crippen LogP contribution in [0.4, 0.5) is 10.2 Å². The minimum atomic E-state index is -0.163. The average Bonchev–Trinajstić information content (AvgIpc) is 2.72. The van der Waals surface area contributed by atoms with Crippen molar-refractivity contribution in [3.8, 4) is 0 Å². The number of hydrogen-bond acceptors (Lipinski definition) is 3. The predicted octanol–water partition coefficient (Wildman–Crippen LogP) is 3.74. The van der Waals surface area contributed by atoms with Gasteiger partial charge in [0.2, 0.25) is 0 Å². The van der Waals surface area contributed by atoms with E-state index in [1.54, 1.807) is 13.1 Å². The van der Waals surface area contributed by atoms with E-state index < -0.39 is 0 Å². The monoisotopic (exact) mass is 497 g/mol. The Labute approximate surface area is 183 Å². The van der Waals surface area contributed by atoms with E-state index in [9.17, 15) is 4.39 Å². The lowest BCUT2D eigenvalue weighted by atomic mass is 10.1. The molecule has 1 saturated heterocycles. The summed E-state index contributed by atoms with van der Waals surface area (Å²) in [5.41, 5.74) is 1.88. The standard InChI is InChI=1S/C21H28FN5.HI/c1-23-21(25-12-10-18-7-3-4-8-19(18)22)26-16-17-9-11-24-20(15-17)27-13-5-2-6-14-27;/h3-4,7-9,11,15H,2,5-6,10,12-14,16H2,1H3,(H2,23,25,26);1H. The molecule has 1 fully saturated rings. The van der Waals surface area contributed by atoms with Crippen molar-refractivity contribution in [2.45, 2.75) is 32.2 Å². The minimum absolute atomic E-state index is 0. The Morgan fingerprint density at radius 2 is 1.93 bits per heavy atom. The lowest BCUT2D eigenvalue weighted by Gasteiger charge is -2.28. The maximum Gasteiger partial charge on any atom is 0.191 e. The maximum absolute atomic E-state index is 13.7. The Hall–Kier alpha value is -1.90. The van der Waals surface area contributed by atoms with Crippen LogP contribution in [0.15, 0.2) is 47.6 Å². The van der Waals surface area contributed by atoms with Crippen LogP contribution in [0.25, 0.3) is 0 Å². The number of rotatable bonds is 6. The highest BCUT2D eigenvalue weighted by atomic mass is 127. The van der Waals surface area contributed by atoms with Crippen molar-refractivity contribution < 1.29 is 4.39 Å². The van der Waals surface area contributed by atoms with E-state index in [1.165, 1.54) is 30.9 Å². The summed E-state index contributed by atoms with van der Waals surface area (Å²) in [6.07, 6.45) is 6.27. The van der Waals surface area contributed by atoms with Gasteiger partial charge in [0.1, 0.15) is 11.6 Å². The van der Waals surface area contributed by atoms with E-state index in [0.717, 1.165) is 18.9 Å². The largest absolute Gasteiger partial charge is 0.357 e. The van der Waals surface area contributed by atoms with Crippen LogP contribution in [0.3, 0.4) is 0 Å². The second kappa shape index (κ2) is 11.8. The molecule has 28 heavy (non-hydrogen) atoms. The molecule has 0 radical (unpaired) electrons. The summed E-state index contributed by atoms with van der Waals surface area (Å²) >= 11 is 0. The summed E-state index contributed by atoms with van der Waals surface area (Å²) in [5, 5.41) is 6.56. The molecule has 2 aromatic rings. The maximum atomic E-state index is 13.7. The third-order valence-electron chi connectivity index (χ3n) is 4.82. The average molecular weight is 497 g/mol. The molecule has 2 N–H and O–H groups in total. The first-order chi connectivity index (χ1) is 13.3.